The lowest BCUT2D eigenvalue weighted by atomic mass is 9.86. The number of likely N-dealkylation sites (tertiary alicyclic amines) is 1. The van der Waals surface area contributed by atoms with Crippen LogP contribution >= 0.6 is 0 Å². The zero-order valence-corrected chi connectivity index (χ0v) is 11.1. The molecule has 1 heterocycles. The molecule has 1 aliphatic rings. The molecule has 0 aromatic carbocycles. The summed E-state index contributed by atoms with van der Waals surface area (Å²) >= 11 is 0. The van der Waals surface area contributed by atoms with E-state index in [0.717, 1.165) is 12.5 Å². The van der Waals surface area contributed by atoms with Gasteiger partial charge in [0.05, 0.1) is 5.84 Å². The molecule has 1 rings (SSSR count). The molecule has 0 saturated carbocycles. The van der Waals surface area contributed by atoms with Crippen LogP contribution in [0, 0.1) is 10.8 Å². The molecular formula is C13H27N3. The number of rotatable bonds is 6. The van der Waals surface area contributed by atoms with Gasteiger partial charge < -0.3 is 10.6 Å². The summed E-state index contributed by atoms with van der Waals surface area (Å²) in [5.74, 6) is 0.321. The summed E-state index contributed by atoms with van der Waals surface area (Å²) in [7, 11) is 0. The van der Waals surface area contributed by atoms with Gasteiger partial charge in [0.2, 0.25) is 0 Å². The molecule has 1 unspecified atom stereocenters. The maximum Gasteiger partial charge on any atom is 0.0963 e. The van der Waals surface area contributed by atoms with Crippen molar-refractivity contribution >= 4 is 5.84 Å². The monoisotopic (exact) mass is 225 g/mol. The highest BCUT2D eigenvalue weighted by atomic mass is 15.2. The lowest BCUT2D eigenvalue weighted by Crippen LogP contribution is -2.31. The van der Waals surface area contributed by atoms with Gasteiger partial charge in [-0.2, -0.15) is 0 Å². The van der Waals surface area contributed by atoms with Crippen LogP contribution in [0.15, 0.2) is 0 Å². The van der Waals surface area contributed by atoms with E-state index < -0.39 is 0 Å². The van der Waals surface area contributed by atoms with Gasteiger partial charge in [-0.15, -0.1) is 0 Å². The molecule has 0 spiro atoms. The van der Waals surface area contributed by atoms with Crippen molar-refractivity contribution in [1.82, 2.24) is 4.90 Å². The number of amidine groups is 1. The predicted molar refractivity (Wildman–Crippen MR) is 69.8 cm³/mol. The Morgan fingerprint density at radius 2 is 2.12 bits per heavy atom. The number of hydrogen-bond acceptors (Lipinski definition) is 2. The molecule has 16 heavy (non-hydrogen) atoms. The fourth-order valence-electron chi connectivity index (χ4n) is 2.34. The molecule has 3 N–H and O–H groups in total. The highest BCUT2D eigenvalue weighted by molar-refractivity contribution is 5.82. The van der Waals surface area contributed by atoms with E-state index in [2.05, 4.69) is 25.7 Å². The van der Waals surface area contributed by atoms with Gasteiger partial charge in [-0.25, -0.2) is 0 Å². The fourth-order valence-corrected chi connectivity index (χ4v) is 2.34. The molecule has 3 nitrogen and oxygen atoms in total. The van der Waals surface area contributed by atoms with Crippen LogP contribution in [0.2, 0.25) is 0 Å². The van der Waals surface area contributed by atoms with Crippen LogP contribution in [-0.4, -0.2) is 29.9 Å². The Morgan fingerprint density at radius 1 is 1.44 bits per heavy atom. The van der Waals surface area contributed by atoms with Gasteiger partial charge in [-0.3, -0.25) is 5.41 Å². The second-order valence-corrected chi connectivity index (χ2v) is 5.78. The molecule has 1 atom stereocenters. The normalized spacial score (nSPS) is 22.6. The van der Waals surface area contributed by atoms with E-state index in [1.54, 1.807) is 0 Å². The average Bonchev–Trinajstić information content (AvgIpc) is 2.59. The van der Waals surface area contributed by atoms with Gasteiger partial charge in [0.15, 0.2) is 0 Å². The summed E-state index contributed by atoms with van der Waals surface area (Å²) in [5, 5.41) is 7.50. The van der Waals surface area contributed by atoms with E-state index in [9.17, 15) is 0 Å². The van der Waals surface area contributed by atoms with Crippen molar-refractivity contribution in [2.75, 3.05) is 13.1 Å². The summed E-state index contributed by atoms with van der Waals surface area (Å²) in [6, 6.07) is 0.779. The SMILES string of the molecule is CC1CCCN1CCCCC(C)(C)C(=N)N. The molecule has 1 aliphatic heterocycles. The summed E-state index contributed by atoms with van der Waals surface area (Å²) < 4.78 is 0. The fraction of sp³-hybridized carbons (Fsp3) is 0.923. The zero-order valence-electron chi connectivity index (χ0n) is 11.1. The van der Waals surface area contributed by atoms with E-state index in [4.69, 9.17) is 11.1 Å². The average molecular weight is 225 g/mol. The highest BCUT2D eigenvalue weighted by Gasteiger charge is 2.22. The van der Waals surface area contributed by atoms with Gasteiger partial charge in [-0.05, 0) is 45.7 Å². The number of nitrogens with two attached hydrogens (primary N) is 1. The van der Waals surface area contributed by atoms with Crippen molar-refractivity contribution in [2.45, 2.75) is 58.9 Å². The van der Waals surface area contributed by atoms with Crippen LogP contribution in [0.3, 0.4) is 0 Å². The Kier molecular flexibility index (Phi) is 4.78. The first kappa shape index (κ1) is 13.5. The quantitative estimate of drug-likeness (QED) is 0.415. The maximum absolute atomic E-state index is 7.50. The van der Waals surface area contributed by atoms with Crippen molar-refractivity contribution in [2.24, 2.45) is 11.1 Å². The minimum Gasteiger partial charge on any atom is -0.387 e. The largest absolute Gasteiger partial charge is 0.387 e. The Labute approximate surface area is 99.9 Å². The van der Waals surface area contributed by atoms with E-state index >= 15 is 0 Å². The van der Waals surface area contributed by atoms with Crippen molar-refractivity contribution in [1.29, 1.82) is 5.41 Å². The topological polar surface area (TPSA) is 53.1 Å². The molecule has 0 amide bonds. The van der Waals surface area contributed by atoms with E-state index in [0.29, 0.717) is 5.84 Å². The Morgan fingerprint density at radius 3 is 2.62 bits per heavy atom. The second-order valence-electron chi connectivity index (χ2n) is 5.78. The first-order chi connectivity index (χ1) is 7.43. The third kappa shape index (κ3) is 3.78. The molecule has 0 aromatic rings. The number of hydrogen-bond donors (Lipinski definition) is 2. The van der Waals surface area contributed by atoms with Gasteiger partial charge in [-0.1, -0.05) is 20.3 Å². The number of unbranched alkanes of at least 4 members (excludes halogenated alkanes) is 1. The summed E-state index contributed by atoms with van der Waals surface area (Å²) in [6.07, 6.45) is 6.17. The summed E-state index contributed by atoms with van der Waals surface area (Å²) in [4.78, 5) is 2.58. The molecule has 3 heteroatoms. The van der Waals surface area contributed by atoms with Crippen molar-refractivity contribution < 1.29 is 0 Å². The Bertz CT molecular complexity index is 235. The van der Waals surface area contributed by atoms with Gasteiger partial charge >= 0.3 is 0 Å². The Balaban J connectivity index is 2.14. The third-order valence-electron chi connectivity index (χ3n) is 3.92. The lowest BCUT2D eigenvalue weighted by Gasteiger charge is -2.24. The summed E-state index contributed by atoms with van der Waals surface area (Å²) in [5.41, 5.74) is 5.46. The molecule has 1 fully saturated rings. The van der Waals surface area contributed by atoms with Crippen LogP contribution < -0.4 is 5.73 Å². The van der Waals surface area contributed by atoms with Crippen molar-refractivity contribution in [3.8, 4) is 0 Å². The van der Waals surface area contributed by atoms with Crippen LogP contribution in [0.1, 0.15) is 52.9 Å². The van der Waals surface area contributed by atoms with Crippen molar-refractivity contribution in [3.63, 3.8) is 0 Å². The predicted octanol–water partition coefficient (Wildman–Crippen LogP) is 2.60. The Hall–Kier alpha value is -0.570. The first-order valence-electron chi connectivity index (χ1n) is 6.52. The van der Waals surface area contributed by atoms with E-state index in [1.807, 2.05) is 0 Å². The van der Waals surface area contributed by atoms with Crippen LogP contribution in [-0.2, 0) is 0 Å². The minimum atomic E-state index is -0.114. The van der Waals surface area contributed by atoms with Crippen LogP contribution in [0.5, 0.6) is 0 Å². The van der Waals surface area contributed by atoms with Gasteiger partial charge in [0, 0.05) is 11.5 Å². The van der Waals surface area contributed by atoms with Crippen LogP contribution in [0.4, 0.5) is 0 Å². The molecule has 0 aromatic heterocycles. The van der Waals surface area contributed by atoms with E-state index in [1.165, 1.54) is 38.8 Å². The standard InChI is InChI=1S/C13H27N3/c1-11-7-6-10-16(11)9-5-4-8-13(2,3)12(14)15/h11H,4-10H2,1-3H3,(H3,14,15). The second kappa shape index (κ2) is 5.67. The smallest absolute Gasteiger partial charge is 0.0963 e. The van der Waals surface area contributed by atoms with Gasteiger partial charge in [0.1, 0.15) is 0 Å². The third-order valence-corrected chi connectivity index (χ3v) is 3.92. The zero-order chi connectivity index (χ0) is 12.2. The molecule has 0 bridgehead atoms. The molecule has 1 saturated heterocycles. The molecule has 0 radical (unpaired) electrons. The molecular weight excluding hydrogens is 198 g/mol. The minimum absolute atomic E-state index is 0.114. The lowest BCUT2D eigenvalue weighted by molar-refractivity contribution is 0.258. The summed E-state index contributed by atoms with van der Waals surface area (Å²) in [6.45, 7) is 8.94. The molecule has 94 valence electrons. The van der Waals surface area contributed by atoms with E-state index in [-0.39, 0.29) is 5.41 Å². The number of nitrogens with one attached hydrogen (secondary N) is 1. The maximum atomic E-state index is 7.50. The highest BCUT2D eigenvalue weighted by Crippen LogP contribution is 2.23. The van der Waals surface area contributed by atoms with Crippen LogP contribution in [0.25, 0.3) is 0 Å². The van der Waals surface area contributed by atoms with Crippen molar-refractivity contribution in [3.05, 3.63) is 0 Å². The number of nitrogens with zero attached hydrogens (tertiary/aromatic N) is 1. The van der Waals surface area contributed by atoms with Gasteiger partial charge in [0.25, 0.3) is 0 Å². The first-order valence-corrected chi connectivity index (χ1v) is 6.52. The molecule has 0 aliphatic carbocycles.